The van der Waals surface area contributed by atoms with E-state index in [1.807, 2.05) is 0 Å². The minimum absolute atomic E-state index is 0.0717. The highest BCUT2D eigenvalue weighted by Gasteiger charge is 2.87. The third kappa shape index (κ3) is 1.41. The smallest absolute Gasteiger partial charge is 0.459 e. The Morgan fingerprint density at radius 2 is 1.86 bits per heavy atom. The zero-order chi connectivity index (χ0) is 15.6. The van der Waals surface area contributed by atoms with E-state index in [0.29, 0.717) is 26.1 Å². The molecule has 0 radical (unpaired) electrons. The Hall–Kier alpha value is 0.720. The van der Waals surface area contributed by atoms with Gasteiger partial charge in [-0.1, -0.05) is 45.2 Å². The highest BCUT2D eigenvalue weighted by molar-refractivity contribution is 14.1. The van der Waals surface area contributed by atoms with Crippen LogP contribution in [0.3, 0.4) is 0 Å². The molecule has 122 valence electrons. The Morgan fingerprint density at radius 1 is 1.14 bits per heavy atom. The van der Waals surface area contributed by atoms with E-state index in [4.69, 9.17) is 0 Å². The van der Waals surface area contributed by atoms with Crippen molar-refractivity contribution in [1.82, 2.24) is 0 Å². The van der Waals surface area contributed by atoms with Crippen LogP contribution >= 0.6 is 45.2 Å². The molecule has 7 heteroatoms. The van der Waals surface area contributed by atoms with E-state index in [9.17, 15) is 18.0 Å². The number of hydrogen-bond donors (Lipinski definition) is 0. The van der Waals surface area contributed by atoms with E-state index in [0.717, 1.165) is 29.6 Å². The molecule has 0 saturated heterocycles. The second-order valence-corrected chi connectivity index (χ2v) is 10.5. The highest BCUT2D eigenvalue weighted by Crippen LogP contribution is 2.89. The van der Waals surface area contributed by atoms with Gasteiger partial charge in [-0.3, -0.25) is 0 Å². The lowest BCUT2D eigenvalue weighted by molar-refractivity contribution is -0.200. The molecule has 22 heavy (non-hydrogen) atoms. The van der Waals surface area contributed by atoms with Gasteiger partial charge in [-0.05, 0) is 59.7 Å². The van der Waals surface area contributed by atoms with Crippen LogP contribution in [0.2, 0.25) is 0 Å². The summed E-state index contributed by atoms with van der Waals surface area (Å²) in [6, 6.07) is 0. The minimum atomic E-state index is -4.87. The summed E-state index contributed by atoms with van der Waals surface area (Å²) in [6.45, 7) is -0.0717. The van der Waals surface area contributed by atoms with Gasteiger partial charge < -0.3 is 4.74 Å². The van der Waals surface area contributed by atoms with Crippen molar-refractivity contribution in [3.05, 3.63) is 0 Å². The molecule has 6 fully saturated rings. The summed E-state index contributed by atoms with van der Waals surface area (Å²) in [7, 11) is 0. The largest absolute Gasteiger partial charge is 0.490 e. The summed E-state index contributed by atoms with van der Waals surface area (Å²) >= 11 is 5.18. The van der Waals surface area contributed by atoms with Crippen LogP contribution in [0.5, 0.6) is 0 Å². The van der Waals surface area contributed by atoms with E-state index in [1.165, 1.54) is 6.42 Å². The topological polar surface area (TPSA) is 26.3 Å². The van der Waals surface area contributed by atoms with Gasteiger partial charge in [-0.25, -0.2) is 4.79 Å². The fourth-order valence-corrected chi connectivity index (χ4v) is 11.9. The highest BCUT2D eigenvalue weighted by atomic mass is 127. The average Bonchev–Trinajstić information content (AvgIpc) is 3.14. The van der Waals surface area contributed by atoms with Crippen LogP contribution in [0.1, 0.15) is 12.8 Å². The molecule has 0 aromatic carbocycles. The quantitative estimate of drug-likeness (QED) is 0.311. The Balaban J connectivity index is 1.39. The first-order valence-electron chi connectivity index (χ1n) is 7.82. The second-order valence-electron chi connectivity index (χ2n) is 7.69. The molecule has 0 unspecified atom stereocenters. The van der Waals surface area contributed by atoms with E-state index in [2.05, 4.69) is 49.9 Å². The number of halogens is 5. The van der Waals surface area contributed by atoms with Crippen molar-refractivity contribution < 1.29 is 22.7 Å². The normalized spacial score (nSPS) is 59.2. The number of esters is 1. The molecule has 0 aromatic heterocycles. The summed E-state index contributed by atoms with van der Waals surface area (Å²) in [5.41, 5.74) is 0.149. The Morgan fingerprint density at radius 3 is 2.55 bits per heavy atom. The molecule has 6 bridgehead atoms. The molecular formula is C15H15F3I2O2. The first-order valence-corrected chi connectivity index (χ1v) is 10.3. The van der Waals surface area contributed by atoms with Gasteiger partial charge in [-0.2, -0.15) is 13.2 Å². The first kappa shape index (κ1) is 15.0. The zero-order valence-electron chi connectivity index (χ0n) is 11.5. The lowest BCUT2D eigenvalue weighted by atomic mass is 9.62. The maximum absolute atomic E-state index is 12.3. The minimum Gasteiger partial charge on any atom is -0.459 e. The van der Waals surface area contributed by atoms with Crippen molar-refractivity contribution in [3.8, 4) is 0 Å². The van der Waals surface area contributed by atoms with Crippen LogP contribution in [0.4, 0.5) is 13.2 Å². The van der Waals surface area contributed by atoms with E-state index >= 15 is 0 Å². The number of rotatable bonds is 3. The van der Waals surface area contributed by atoms with Gasteiger partial charge in [0.25, 0.3) is 0 Å². The summed E-state index contributed by atoms with van der Waals surface area (Å²) in [4.78, 5) is 11.0. The first-order chi connectivity index (χ1) is 10.3. The van der Waals surface area contributed by atoms with Gasteiger partial charge in [0.05, 0.1) is 6.61 Å². The van der Waals surface area contributed by atoms with Crippen molar-refractivity contribution in [3.63, 3.8) is 0 Å². The molecule has 0 aromatic rings. The van der Waals surface area contributed by atoms with Crippen molar-refractivity contribution >= 4 is 51.2 Å². The third-order valence-electron chi connectivity index (χ3n) is 7.57. The van der Waals surface area contributed by atoms with Crippen LogP contribution in [0, 0.1) is 46.8 Å². The van der Waals surface area contributed by atoms with Crippen molar-refractivity contribution in [2.24, 2.45) is 46.8 Å². The van der Waals surface area contributed by atoms with Crippen LogP contribution < -0.4 is 0 Å². The molecule has 0 amide bonds. The van der Waals surface area contributed by atoms with E-state index in [1.54, 1.807) is 0 Å². The Kier molecular flexibility index (Phi) is 2.92. The van der Waals surface area contributed by atoms with Gasteiger partial charge in [0, 0.05) is 7.85 Å². The Labute approximate surface area is 153 Å². The Bertz CT molecular complexity index is 563. The molecule has 6 aliphatic carbocycles. The molecule has 0 heterocycles. The average molecular weight is 538 g/mol. The van der Waals surface area contributed by atoms with Crippen molar-refractivity contribution in [1.29, 1.82) is 0 Å². The molecule has 0 N–H and O–H groups in total. The molecule has 2 nitrogen and oxygen atoms in total. The van der Waals surface area contributed by atoms with Crippen LogP contribution in [-0.2, 0) is 9.53 Å². The van der Waals surface area contributed by atoms with Gasteiger partial charge in [0.15, 0.2) is 0 Å². The van der Waals surface area contributed by atoms with Gasteiger partial charge in [0.2, 0.25) is 0 Å². The van der Waals surface area contributed by atoms with Gasteiger partial charge >= 0.3 is 12.1 Å². The lowest BCUT2D eigenvalue weighted by Crippen LogP contribution is -2.41. The molecule has 10 atom stereocenters. The maximum Gasteiger partial charge on any atom is 0.490 e. The maximum atomic E-state index is 12.3. The van der Waals surface area contributed by atoms with Crippen molar-refractivity contribution in [2.45, 2.75) is 26.9 Å². The number of alkyl halides is 5. The van der Waals surface area contributed by atoms with Crippen LogP contribution in [-0.4, -0.2) is 26.6 Å². The zero-order valence-corrected chi connectivity index (χ0v) is 15.8. The number of carbonyl (C=O) groups excluding carboxylic acids is 1. The van der Waals surface area contributed by atoms with Crippen LogP contribution in [0.15, 0.2) is 0 Å². The molecule has 0 spiro atoms. The molecule has 0 aliphatic heterocycles. The number of carbonyl (C=O) groups is 1. The monoisotopic (exact) mass is 538 g/mol. The van der Waals surface area contributed by atoms with E-state index < -0.39 is 12.1 Å². The van der Waals surface area contributed by atoms with Gasteiger partial charge in [0.1, 0.15) is 0 Å². The molecular weight excluding hydrogens is 523 g/mol. The second kappa shape index (κ2) is 4.27. The molecule has 6 saturated carbocycles. The summed E-state index contributed by atoms with van der Waals surface area (Å²) in [5.74, 6) is 3.38. The number of hydrogen-bond acceptors (Lipinski definition) is 2. The van der Waals surface area contributed by atoms with Crippen molar-refractivity contribution in [2.75, 3.05) is 6.61 Å². The van der Waals surface area contributed by atoms with Crippen LogP contribution in [0.25, 0.3) is 0 Å². The molecule has 6 aliphatic rings. The fraction of sp³-hybridized carbons (Fsp3) is 0.933. The van der Waals surface area contributed by atoms with Gasteiger partial charge in [-0.15, -0.1) is 0 Å². The summed E-state index contributed by atoms with van der Waals surface area (Å²) in [5, 5.41) is 0. The lowest BCUT2D eigenvalue weighted by Gasteiger charge is -2.42. The molecule has 6 rings (SSSR count). The fourth-order valence-electron chi connectivity index (χ4n) is 7.59. The predicted octanol–water partition coefficient (Wildman–Crippen LogP) is 3.85. The summed E-state index contributed by atoms with van der Waals surface area (Å²) in [6.07, 6.45) is -2.89. The predicted molar refractivity (Wildman–Crippen MR) is 88.7 cm³/mol. The standard InChI is InChI=1S/C15H15F3I2O2/c16-15(17,18)13(21)22-2-1-14-9-5-3-4-6(7(5)12(14)20)10(14)11(19)8(4)9/h4-12H,1-3H2/t4-,5+,6-,7-,8+,9-,10-,11-,12+,14-/m0/s1. The van der Waals surface area contributed by atoms with E-state index in [-0.39, 0.29) is 12.0 Å². The summed E-state index contributed by atoms with van der Waals surface area (Å²) < 4.78 is 42.7. The SMILES string of the molecule is O=C(OCC[C@]12[C@@H]3[C@@H](I)[C@@H]4[C@H]5C[C@H]([C@@H]([C@H]53)[C@H]1I)[C@@H]42)C(F)(F)F. The number of ether oxygens (including phenoxy) is 1. The third-order valence-corrected chi connectivity index (χ3v) is 11.2.